The second-order valence-electron chi connectivity index (χ2n) is 11.0. The third-order valence-corrected chi connectivity index (χ3v) is 8.21. The van der Waals surface area contributed by atoms with Crippen LogP contribution in [0.15, 0.2) is 60.7 Å². The van der Waals surface area contributed by atoms with E-state index in [1.807, 2.05) is 41.3 Å². The summed E-state index contributed by atoms with van der Waals surface area (Å²) in [4.78, 5) is 32.6. The van der Waals surface area contributed by atoms with Crippen molar-refractivity contribution in [3.8, 4) is 5.75 Å². The quantitative estimate of drug-likeness (QED) is 0.630. The summed E-state index contributed by atoms with van der Waals surface area (Å²) in [6.45, 7) is 6.52. The number of aryl methyl sites for hydroxylation is 1. The first-order chi connectivity index (χ1) is 18.5. The van der Waals surface area contributed by atoms with Crippen molar-refractivity contribution in [1.29, 1.82) is 0 Å². The molecule has 2 fully saturated rings. The minimum absolute atomic E-state index is 0.0913. The number of aliphatic hydroxyl groups is 1. The van der Waals surface area contributed by atoms with Gasteiger partial charge in [-0.25, -0.2) is 0 Å². The number of carbonyl (C=O) groups excluding carboxylic acids is 2. The molecule has 7 heteroatoms. The Morgan fingerprint density at radius 2 is 1.84 bits per heavy atom. The number of ether oxygens (including phenoxy) is 1. The molecule has 0 aromatic heterocycles. The zero-order valence-electron chi connectivity index (χ0n) is 22.3. The molecule has 0 unspecified atom stereocenters. The first-order valence-electron chi connectivity index (χ1n) is 13.8. The van der Waals surface area contributed by atoms with Gasteiger partial charge in [-0.3, -0.25) is 14.5 Å². The van der Waals surface area contributed by atoms with Crippen molar-refractivity contribution in [2.75, 3.05) is 39.3 Å². The van der Waals surface area contributed by atoms with Crippen molar-refractivity contribution in [3.05, 3.63) is 77.4 Å². The molecule has 2 saturated heterocycles. The molecule has 0 spiro atoms. The molecule has 2 amide bonds. The van der Waals surface area contributed by atoms with Crippen LogP contribution in [0.1, 0.15) is 36.0 Å². The van der Waals surface area contributed by atoms with Crippen LogP contribution in [-0.4, -0.2) is 77.1 Å². The van der Waals surface area contributed by atoms with E-state index in [0.717, 1.165) is 17.7 Å². The van der Waals surface area contributed by atoms with Gasteiger partial charge in [-0.1, -0.05) is 54.6 Å². The predicted octanol–water partition coefficient (Wildman–Crippen LogP) is 3.39. The summed E-state index contributed by atoms with van der Waals surface area (Å²) >= 11 is 0. The monoisotopic (exact) mass is 517 g/mol. The number of β-amino-alcohol motifs (C(OH)–C–C–N with tert-alkyl or cyclic N) is 1. The standard InChI is InChI=1S/C31H39N3O4/c1-23-7-2-3-8-25(23)18-32-19-27-9-4-5-11-29(27)38-16-6-10-26-20-33(31(37)22-32)14-12-24(26)17-30(36)34-15-13-28(35)21-34/h2-11,24,26,28,35H,12-22H2,1H3/b10-6+/t24-,26-,28+/m0/s1. The molecule has 0 radical (unpaired) electrons. The Hall–Kier alpha value is -3.16. The predicted molar refractivity (Wildman–Crippen MR) is 146 cm³/mol. The highest BCUT2D eigenvalue weighted by atomic mass is 16.5. The van der Waals surface area contributed by atoms with E-state index < -0.39 is 6.10 Å². The number of hydrogen-bond donors (Lipinski definition) is 1. The van der Waals surface area contributed by atoms with Crippen LogP contribution in [0, 0.1) is 18.8 Å². The van der Waals surface area contributed by atoms with Crippen LogP contribution in [0.4, 0.5) is 0 Å². The largest absolute Gasteiger partial charge is 0.489 e. The van der Waals surface area contributed by atoms with Gasteiger partial charge in [0.25, 0.3) is 0 Å². The van der Waals surface area contributed by atoms with E-state index >= 15 is 0 Å². The minimum Gasteiger partial charge on any atom is -0.489 e. The fraction of sp³-hybridized carbons (Fsp3) is 0.484. The lowest BCUT2D eigenvalue weighted by Gasteiger charge is -2.38. The van der Waals surface area contributed by atoms with Crippen LogP contribution < -0.4 is 4.74 Å². The van der Waals surface area contributed by atoms with Gasteiger partial charge in [-0.15, -0.1) is 0 Å². The summed E-state index contributed by atoms with van der Waals surface area (Å²) in [5.74, 6) is 1.33. The van der Waals surface area contributed by atoms with Gasteiger partial charge in [-0.2, -0.15) is 0 Å². The first kappa shape index (κ1) is 26.4. The van der Waals surface area contributed by atoms with Gasteiger partial charge in [0, 0.05) is 51.3 Å². The van der Waals surface area contributed by atoms with Crippen LogP contribution in [0.2, 0.25) is 0 Å². The van der Waals surface area contributed by atoms with Gasteiger partial charge in [0.05, 0.1) is 12.6 Å². The normalized spacial score (nSPS) is 25.5. The fourth-order valence-corrected chi connectivity index (χ4v) is 5.92. The van der Waals surface area contributed by atoms with Gasteiger partial charge in [0.2, 0.25) is 11.8 Å². The van der Waals surface area contributed by atoms with Gasteiger partial charge < -0.3 is 19.6 Å². The maximum Gasteiger partial charge on any atom is 0.236 e. The van der Waals surface area contributed by atoms with Gasteiger partial charge >= 0.3 is 0 Å². The van der Waals surface area contributed by atoms with Crippen molar-refractivity contribution < 1.29 is 19.4 Å². The van der Waals surface area contributed by atoms with Crippen LogP contribution in [-0.2, 0) is 22.7 Å². The smallest absolute Gasteiger partial charge is 0.236 e. The van der Waals surface area contributed by atoms with E-state index in [4.69, 9.17) is 4.74 Å². The Bertz CT molecular complexity index is 1170. The lowest BCUT2D eigenvalue weighted by atomic mass is 9.82. The van der Waals surface area contributed by atoms with Gasteiger partial charge in [-0.05, 0) is 48.8 Å². The molecule has 3 heterocycles. The number of fused-ring (bicyclic) bond motifs is 3. The molecule has 3 aliphatic heterocycles. The fourth-order valence-electron chi connectivity index (χ4n) is 5.92. The molecule has 2 aromatic rings. The molecule has 0 saturated carbocycles. The summed E-state index contributed by atoms with van der Waals surface area (Å²) in [5.41, 5.74) is 3.50. The van der Waals surface area contributed by atoms with E-state index in [9.17, 15) is 14.7 Å². The van der Waals surface area contributed by atoms with Gasteiger partial charge in [0.1, 0.15) is 12.4 Å². The van der Waals surface area contributed by atoms with Crippen molar-refractivity contribution in [2.24, 2.45) is 11.8 Å². The summed E-state index contributed by atoms with van der Waals surface area (Å²) in [7, 11) is 0. The number of rotatable bonds is 4. The lowest BCUT2D eigenvalue weighted by molar-refractivity contribution is -0.136. The number of piperidine rings is 1. The number of para-hydroxylation sites is 1. The second kappa shape index (κ2) is 12.1. The highest BCUT2D eigenvalue weighted by molar-refractivity contribution is 5.79. The number of amides is 2. The Labute approximate surface area is 225 Å². The molecule has 202 valence electrons. The maximum atomic E-state index is 13.6. The van der Waals surface area contributed by atoms with Crippen LogP contribution in [0.3, 0.4) is 0 Å². The maximum absolute atomic E-state index is 13.6. The zero-order chi connectivity index (χ0) is 26.5. The van der Waals surface area contributed by atoms with Crippen LogP contribution in [0.25, 0.3) is 0 Å². The van der Waals surface area contributed by atoms with Crippen molar-refractivity contribution in [1.82, 2.24) is 14.7 Å². The molecular weight excluding hydrogens is 478 g/mol. The van der Waals surface area contributed by atoms with E-state index in [0.29, 0.717) is 65.3 Å². The summed E-state index contributed by atoms with van der Waals surface area (Å²) < 4.78 is 6.18. The Balaban J connectivity index is 1.36. The number of hydrogen-bond acceptors (Lipinski definition) is 5. The van der Waals surface area contributed by atoms with Crippen molar-refractivity contribution in [2.45, 2.75) is 45.4 Å². The van der Waals surface area contributed by atoms with Gasteiger partial charge in [0.15, 0.2) is 0 Å². The zero-order valence-corrected chi connectivity index (χ0v) is 22.3. The average Bonchev–Trinajstić information content (AvgIpc) is 3.35. The molecule has 2 aromatic carbocycles. The number of nitrogens with zero attached hydrogens (tertiary/aromatic N) is 3. The average molecular weight is 518 g/mol. The Morgan fingerprint density at radius 3 is 2.66 bits per heavy atom. The topological polar surface area (TPSA) is 73.3 Å². The molecule has 7 nitrogen and oxygen atoms in total. The van der Waals surface area contributed by atoms with E-state index in [1.165, 1.54) is 11.1 Å². The second-order valence-corrected chi connectivity index (χ2v) is 11.0. The number of aliphatic hydroxyl groups excluding tert-OH is 1. The third-order valence-electron chi connectivity index (χ3n) is 8.21. The van der Waals surface area contributed by atoms with Crippen LogP contribution >= 0.6 is 0 Å². The number of likely N-dealkylation sites (tertiary alicyclic amines) is 1. The lowest BCUT2D eigenvalue weighted by Crippen LogP contribution is -2.47. The molecule has 38 heavy (non-hydrogen) atoms. The van der Waals surface area contributed by atoms with E-state index in [-0.39, 0.29) is 23.7 Å². The highest BCUT2D eigenvalue weighted by Gasteiger charge is 2.34. The van der Waals surface area contributed by atoms with Crippen molar-refractivity contribution >= 4 is 11.8 Å². The molecule has 5 rings (SSSR count). The number of carbonyl (C=O) groups is 2. The van der Waals surface area contributed by atoms with E-state index in [1.54, 1.807) is 4.90 Å². The molecule has 0 aliphatic carbocycles. The van der Waals surface area contributed by atoms with E-state index in [2.05, 4.69) is 36.1 Å². The molecule has 3 atom stereocenters. The molecule has 1 N–H and O–H groups in total. The molecular formula is C31H39N3O4. The Morgan fingerprint density at radius 1 is 1.03 bits per heavy atom. The minimum atomic E-state index is -0.411. The SMILES string of the molecule is Cc1ccccc1CN1CC(=O)N2CC[C@@H](CC(=O)N3CC[C@@H](O)C3)[C@@H](/C=C/COc3ccccc3C1)C2. The number of benzene rings is 2. The first-order valence-corrected chi connectivity index (χ1v) is 13.8. The molecule has 2 bridgehead atoms. The highest BCUT2D eigenvalue weighted by Crippen LogP contribution is 2.30. The van der Waals surface area contributed by atoms with Crippen molar-refractivity contribution in [3.63, 3.8) is 0 Å². The summed E-state index contributed by atoms with van der Waals surface area (Å²) in [6, 6.07) is 16.4. The van der Waals surface area contributed by atoms with Crippen LogP contribution in [0.5, 0.6) is 5.75 Å². The third kappa shape index (κ3) is 6.45. The Kier molecular flexibility index (Phi) is 8.45. The molecule has 3 aliphatic rings. The summed E-state index contributed by atoms with van der Waals surface area (Å²) in [6.07, 6.45) is 5.66. The summed E-state index contributed by atoms with van der Waals surface area (Å²) in [5, 5.41) is 9.86.